The normalized spacial score (nSPS) is 20.1. The summed E-state index contributed by atoms with van der Waals surface area (Å²) < 4.78 is 1.09. The van der Waals surface area contributed by atoms with E-state index in [0.29, 0.717) is 12.5 Å². The average Bonchev–Trinajstić information content (AvgIpc) is 2.48. The predicted molar refractivity (Wildman–Crippen MR) is 87.4 cm³/mol. The van der Waals surface area contributed by atoms with Crippen molar-refractivity contribution >= 4 is 21.9 Å². The van der Waals surface area contributed by atoms with Gasteiger partial charge >= 0.3 is 5.97 Å². The molecule has 116 valence electrons. The zero-order chi connectivity index (χ0) is 15.4. The van der Waals surface area contributed by atoms with Crippen LogP contribution in [-0.4, -0.2) is 53.1 Å². The SMILES string of the molecule is CCC(C(=O)O)N1CCN(C(C)c2ccc(Br)cc2)CC1. The van der Waals surface area contributed by atoms with Crippen LogP contribution in [0.3, 0.4) is 0 Å². The van der Waals surface area contributed by atoms with E-state index in [9.17, 15) is 9.90 Å². The Morgan fingerprint density at radius 3 is 2.19 bits per heavy atom. The van der Waals surface area contributed by atoms with Crippen molar-refractivity contribution in [3.05, 3.63) is 34.3 Å². The number of carbonyl (C=O) groups is 1. The minimum Gasteiger partial charge on any atom is -0.480 e. The van der Waals surface area contributed by atoms with Gasteiger partial charge in [-0.3, -0.25) is 14.6 Å². The second kappa shape index (κ2) is 7.38. The highest BCUT2D eigenvalue weighted by atomic mass is 79.9. The highest BCUT2D eigenvalue weighted by Gasteiger charge is 2.29. The van der Waals surface area contributed by atoms with Crippen LogP contribution in [0, 0.1) is 0 Å². The Morgan fingerprint density at radius 1 is 1.19 bits per heavy atom. The third-order valence-electron chi connectivity index (χ3n) is 4.36. The molecule has 4 nitrogen and oxygen atoms in total. The molecular weight excluding hydrogens is 332 g/mol. The summed E-state index contributed by atoms with van der Waals surface area (Å²) in [6, 6.07) is 8.46. The first kappa shape index (κ1) is 16.5. The fourth-order valence-corrected chi connectivity index (χ4v) is 3.24. The fourth-order valence-electron chi connectivity index (χ4n) is 2.98. The number of benzene rings is 1. The minimum atomic E-state index is -0.702. The Kier molecular flexibility index (Phi) is 5.79. The van der Waals surface area contributed by atoms with Crippen LogP contribution in [0.5, 0.6) is 0 Å². The van der Waals surface area contributed by atoms with Crippen molar-refractivity contribution < 1.29 is 9.90 Å². The van der Waals surface area contributed by atoms with Crippen LogP contribution in [0.4, 0.5) is 0 Å². The fraction of sp³-hybridized carbons (Fsp3) is 0.562. The van der Waals surface area contributed by atoms with Crippen LogP contribution in [0.2, 0.25) is 0 Å². The number of carboxylic acid groups (broad SMARTS) is 1. The lowest BCUT2D eigenvalue weighted by Gasteiger charge is -2.40. The zero-order valence-electron chi connectivity index (χ0n) is 12.6. The lowest BCUT2D eigenvalue weighted by atomic mass is 10.1. The molecule has 1 fully saturated rings. The van der Waals surface area contributed by atoms with Gasteiger partial charge in [-0.25, -0.2) is 0 Å². The quantitative estimate of drug-likeness (QED) is 0.882. The molecule has 0 radical (unpaired) electrons. The summed E-state index contributed by atoms with van der Waals surface area (Å²) >= 11 is 3.46. The number of hydrogen-bond acceptors (Lipinski definition) is 3. The Balaban J connectivity index is 1.94. The summed E-state index contributed by atoms with van der Waals surface area (Å²) in [5.74, 6) is -0.702. The van der Waals surface area contributed by atoms with Gasteiger partial charge in [0.1, 0.15) is 6.04 Å². The molecular formula is C16H23BrN2O2. The van der Waals surface area contributed by atoms with E-state index in [1.807, 2.05) is 6.92 Å². The van der Waals surface area contributed by atoms with Gasteiger partial charge in [-0.15, -0.1) is 0 Å². The highest BCUT2D eigenvalue weighted by Crippen LogP contribution is 2.24. The van der Waals surface area contributed by atoms with Gasteiger partial charge in [-0.05, 0) is 31.0 Å². The summed E-state index contributed by atoms with van der Waals surface area (Å²) in [5, 5.41) is 9.24. The topological polar surface area (TPSA) is 43.8 Å². The summed E-state index contributed by atoms with van der Waals surface area (Å²) in [6.45, 7) is 7.64. The van der Waals surface area contributed by atoms with E-state index in [2.05, 4.69) is 56.9 Å². The van der Waals surface area contributed by atoms with Gasteiger partial charge in [0.05, 0.1) is 0 Å². The summed E-state index contributed by atoms with van der Waals surface area (Å²) in [7, 11) is 0. The predicted octanol–water partition coefficient (Wildman–Crippen LogP) is 2.99. The molecule has 0 aliphatic carbocycles. The van der Waals surface area contributed by atoms with Crippen molar-refractivity contribution in [2.75, 3.05) is 26.2 Å². The Morgan fingerprint density at radius 2 is 1.71 bits per heavy atom. The molecule has 0 saturated carbocycles. The third kappa shape index (κ3) is 4.05. The van der Waals surface area contributed by atoms with E-state index in [1.165, 1.54) is 5.56 Å². The Labute approximate surface area is 134 Å². The molecule has 2 rings (SSSR count). The van der Waals surface area contributed by atoms with Crippen molar-refractivity contribution in [2.24, 2.45) is 0 Å². The second-order valence-electron chi connectivity index (χ2n) is 5.56. The van der Waals surface area contributed by atoms with Crippen molar-refractivity contribution in [1.82, 2.24) is 9.80 Å². The highest BCUT2D eigenvalue weighted by molar-refractivity contribution is 9.10. The van der Waals surface area contributed by atoms with Gasteiger partial charge in [-0.2, -0.15) is 0 Å². The van der Waals surface area contributed by atoms with E-state index in [0.717, 1.165) is 30.7 Å². The maximum atomic E-state index is 11.2. The summed E-state index contributed by atoms with van der Waals surface area (Å²) in [6.07, 6.45) is 0.664. The largest absolute Gasteiger partial charge is 0.480 e. The van der Waals surface area contributed by atoms with Crippen LogP contribution in [-0.2, 0) is 4.79 Å². The second-order valence-corrected chi connectivity index (χ2v) is 6.48. The molecule has 0 aromatic heterocycles. The number of rotatable bonds is 5. The first-order chi connectivity index (χ1) is 10.0. The van der Waals surface area contributed by atoms with E-state index < -0.39 is 5.97 Å². The molecule has 21 heavy (non-hydrogen) atoms. The molecule has 1 aromatic rings. The Bertz CT molecular complexity index is 470. The zero-order valence-corrected chi connectivity index (χ0v) is 14.2. The van der Waals surface area contributed by atoms with Gasteiger partial charge in [0, 0.05) is 36.7 Å². The smallest absolute Gasteiger partial charge is 0.320 e. The van der Waals surface area contributed by atoms with Crippen LogP contribution < -0.4 is 0 Å². The summed E-state index contributed by atoms with van der Waals surface area (Å²) in [5.41, 5.74) is 1.30. The van der Waals surface area contributed by atoms with Crippen LogP contribution in [0.25, 0.3) is 0 Å². The molecule has 0 bridgehead atoms. The maximum absolute atomic E-state index is 11.2. The van der Waals surface area contributed by atoms with Crippen molar-refractivity contribution in [3.63, 3.8) is 0 Å². The molecule has 1 aromatic carbocycles. The van der Waals surface area contributed by atoms with Crippen molar-refractivity contribution in [1.29, 1.82) is 0 Å². The van der Waals surface area contributed by atoms with Crippen LogP contribution in [0.1, 0.15) is 31.9 Å². The van der Waals surface area contributed by atoms with Gasteiger partial charge in [0.15, 0.2) is 0 Å². The standard InChI is InChI=1S/C16H23BrN2O2/c1-3-15(16(20)21)19-10-8-18(9-11-19)12(2)13-4-6-14(17)7-5-13/h4-7,12,15H,3,8-11H2,1-2H3,(H,20,21). The number of halogens is 1. The molecule has 0 amide bonds. The first-order valence-electron chi connectivity index (χ1n) is 7.49. The number of piperazine rings is 1. The van der Waals surface area contributed by atoms with Gasteiger partial charge in [0.25, 0.3) is 0 Å². The molecule has 1 saturated heterocycles. The summed E-state index contributed by atoms with van der Waals surface area (Å²) in [4.78, 5) is 15.8. The first-order valence-corrected chi connectivity index (χ1v) is 8.28. The van der Waals surface area contributed by atoms with Gasteiger partial charge in [-0.1, -0.05) is 35.0 Å². The molecule has 5 heteroatoms. The maximum Gasteiger partial charge on any atom is 0.320 e. The third-order valence-corrected chi connectivity index (χ3v) is 4.89. The number of hydrogen-bond donors (Lipinski definition) is 1. The lowest BCUT2D eigenvalue weighted by Crippen LogP contribution is -2.52. The van der Waals surface area contributed by atoms with E-state index in [1.54, 1.807) is 0 Å². The molecule has 0 spiro atoms. The van der Waals surface area contributed by atoms with Gasteiger partial charge in [0.2, 0.25) is 0 Å². The van der Waals surface area contributed by atoms with E-state index in [-0.39, 0.29) is 6.04 Å². The molecule has 1 aliphatic heterocycles. The number of nitrogens with zero attached hydrogens (tertiary/aromatic N) is 2. The average molecular weight is 355 g/mol. The van der Waals surface area contributed by atoms with Crippen LogP contribution in [0.15, 0.2) is 28.7 Å². The van der Waals surface area contributed by atoms with Crippen molar-refractivity contribution in [3.8, 4) is 0 Å². The lowest BCUT2D eigenvalue weighted by molar-refractivity contribution is -0.144. The number of carboxylic acids is 1. The van der Waals surface area contributed by atoms with Crippen LogP contribution >= 0.6 is 15.9 Å². The minimum absolute atomic E-state index is 0.338. The molecule has 1 aliphatic rings. The van der Waals surface area contributed by atoms with E-state index >= 15 is 0 Å². The molecule has 2 unspecified atom stereocenters. The molecule has 1 N–H and O–H groups in total. The molecule has 2 atom stereocenters. The monoisotopic (exact) mass is 354 g/mol. The Hall–Kier alpha value is -0.910. The molecule has 1 heterocycles. The van der Waals surface area contributed by atoms with Crippen molar-refractivity contribution in [2.45, 2.75) is 32.4 Å². The number of aliphatic carboxylic acids is 1. The van der Waals surface area contributed by atoms with E-state index in [4.69, 9.17) is 0 Å². The van der Waals surface area contributed by atoms with Gasteiger partial charge < -0.3 is 5.11 Å².